The molecule has 28 heavy (non-hydrogen) atoms. The van der Waals surface area contributed by atoms with Crippen LogP contribution in [-0.2, 0) is 14.4 Å². The number of amides is 2. The van der Waals surface area contributed by atoms with Crippen LogP contribution in [0.25, 0.3) is 6.08 Å². The molecule has 1 aliphatic heterocycles. The third kappa shape index (κ3) is 4.96. The highest BCUT2D eigenvalue weighted by Crippen LogP contribution is 2.35. The number of thiocarbonyl (C=S) groups is 1. The summed E-state index contributed by atoms with van der Waals surface area (Å²) in [6, 6.07) is 3.06. The molecule has 0 radical (unpaired) electrons. The number of carboxylic acids is 1. The Balaban J connectivity index is 2.45. The number of hydrogen-bond donors (Lipinski definition) is 2. The Bertz CT molecular complexity index is 883. The van der Waals surface area contributed by atoms with E-state index in [1.165, 1.54) is 23.1 Å². The molecule has 1 aromatic carbocycles. The fraction of sp³-hybridized carbons (Fsp3) is 0.222. The van der Waals surface area contributed by atoms with Gasteiger partial charge in [0.15, 0.2) is 23.2 Å². The average molecular weight is 469 g/mol. The Hall–Kier alpha value is -2.72. The Morgan fingerprint density at radius 3 is 2.64 bits per heavy atom. The molecule has 1 aliphatic rings. The zero-order valence-electron chi connectivity index (χ0n) is 14.9. The van der Waals surface area contributed by atoms with E-state index >= 15 is 0 Å². The van der Waals surface area contributed by atoms with Crippen LogP contribution in [0.5, 0.6) is 11.5 Å². The van der Waals surface area contributed by atoms with E-state index in [1.807, 2.05) is 0 Å². The number of carboxylic acid groups (broad SMARTS) is 1. The molecular formula is C18H17BrN2O6S. The molecule has 2 N–H and O–H groups in total. The summed E-state index contributed by atoms with van der Waals surface area (Å²) in [4.78, 5) is 36.9. The fourth-order valence-corrected chi connectivity index (χ4v) is 3.01. The summed E-state index contributed by atoms with van der Waals surface area (Å²) >= 11 is 8.35. The number of carbonyl (C=O) groups excluding carboxylic acids is 2. The maximum absolute atomic E-state index is 12.6. The maximum atomic E-state index is 12.6. The lowest BCUT2D eigenvalue weighted by molar-refractivity contribution is -0.139. The summed E-state index contributed by atoms with van der Waals surface area (Å²) in [7, 11) is 0. The van der Waals surface area contributed by atoms with Gasteiger partial charge in [0, 0.05) is 11.0 Å². The quantitative estimate of drug-likeness (QED) is 0.260. The number of aliphatic carboxylic acids is 1. The third-order valence-corrected chi connectivity index (χ3v) is 4.52. The normalized spacial score (nSPS) is 15.4. The van der Waals surface area contributed by atoms with Gasteiger partial charge in [-0.15, -0.1) is 6.58 Å². The van der Waals surface area contributed by atoms with Crippen LogP contribution in [0.2, 0.25) is 0 Å². The highest BCUT2D eigenvalue weighted by atomic mass is 79.9. The first kappa shape index (κ1) is 21.6. The molecule has 0 aliphatic carbocycles. The van der Waals surface area contributed by atoms with Crippen molar-refractivity contribution in [2.75, 3.05) is 19.8 Å². The van der Waals surface area contributed by atoms with Gasteiger partial charge in [-0.25, -0.2) is 4.79 Å². The van der Waals surface area contributed by atoms with E-state index in [0.29, 0.717) is 16.6 Å². The molecule has 10 heteroatoms. The van der Waals surface area contributed by atoms with Crippen molar-refractivity contribution in [3.8, 4) is 11.5 Å². The molecule has 2 rings (SSSR count). The number of ether oxygens (including phenoxy) is 2. The predicted molar refractivity (Wildman–Crippen MR) is 109 cm³/mol. The van der Waals surface area contributed by atoms with Crippen molar-refractivity contribution in [2.45, 2.75) is 6.92 Å². The summed E-state index contributed by atoms with van der Waals surface area (Å²) < 4.78 is 11.2. The van der Waals surface area contributed by atoms with Crippen LogP contribution < -0.4 is 14.8 Å². The topological polar surface area (TPSA) is 105 Å². The third-order valence-electron chi connectivity index (χ3n) is 3.51. The molecule has 1 saturated heterocycles. The molecule has 0 saturated carbocycles. The Kier molecular flexibility index (Phi) is 7.30. The van der Waals surface area contributed by atoms with Crippen molar-refractivity contribution in [1.82, 2.24) is 10.2 Å². The van der Waals surface area contributed by atoms with Crippen molar-refractivity contribution < 1.29 is 29.0 Å². The van der Waals surface area contributed by atoms with Gasteiger partial charge >= 0.3 is 5.97 Å². The lowest BCUT2D eigenvalue weighted by Gasteiger charge is -2.27. The average Bonchev–Trinajstić information content (AvgIpc) is 2.63. The monoisotopic (exact) mass is 468 g/mol. The summed E-state index contributed by atoms with van der Waals surface area (Å²) in [5, 5.41) is 11.3. The summed E-state index contributed by atoms with van der Waals surface area (Å²) in [6.45, 7) is 5.25. The van der Waals surface area contributed by atoms with Gasteiger partial charge in [-0.3, -0.25) is 19.8 Å². The minimum Gasteiger partial charge on any atom is -0.490 e. The zero-order valence-corrected chi connectivity index (χ0v) is 17.3. The highest BCUT2D eigenvalue weighted by molar-refractivity contribution is 9.10. The molecule has 148 valence electrons. The molecule has 0 bridgehead atoms. The highest BCUT2D eigenvalue weighted by Gasteiger charge is 2.32. The molecule has 0 atom stereocenters. The second-order valence-electron chi connectivity index (χ2n) is 5.46. The first-order valence-electron chi connectivity index (χ1n) is 8.09. The van der Waals surface area contributed by atoms with Gasteiger partial charge in [-0.1, -0.05) is 22.0 Å². The molecule has 1 heterocycles. The number of nitrogens with zero attached hydrogens (tertiary/aromatic N) is 1. The number of nitrogens with one attached hydrogen (secondary N) is 1. The molecule has 0 aromatic heterocycles. The molecule has 0 unspecified atom stereocenters. The largest absolute Gasteiger partial charge is 0.490 e. The standard InChI is InChI=1S/C18H17BrN2O6S/c1-3-5-21-17(25)11(16(24)20-18(21)28)6-10-7-13(26-4-2)14(8-12(10)19)27-9-15(22)23/h3,6-8H,1,4-5,9H2,2H3,(H,22,23)(H,20,24,28)/b11-6+. The molecule has 2 amide bonds. The van der Waals surface area contributed by atoms with Gasteiger partial charge in [0.25, 0.3) is 11.8 Å². The van der Waals surface area contributed by atoms with Crippen molar-refractivity contribution in [3.63, 3.8) is 0 Å². The SMILES string of the molecule is C=CCN1C(=O)/C(=C/c2cc(OCC)c(OCC(=O)O)cc2Br)C(=O)NC1=S. The van der Waals surface area contributed by atoms with E-state index in [2.05, 4.69) is 27.8 Å². The zero-order chi connectivity index (χ0) is 20.8. The van der Waals surface area contributed by atoms with Gasteiger partial charge in [-0.05, 0) is 42.9 Å². The second kappa shape index (κ2) is 9.47. The lowest BCUT2D eigenvalue weighted by atomic mass is 10.1. The Morgan fingerprint density at radius 1 is 1.36 bits per heavy atom. The number of halogens is 1. The van der Waals surface area contributed by atoms with E-state index in [0.717, 1.165) is 0 Å². The summed E-state index contributed by atoms with van der Waals surface area (Å²) in [6.07, 6.45) is 2.89. The number of hydrogen-bond acceptors (Lipinski definition) is 6. The summed E-state index contributed by atoms with van der Waals surface area (Å²) in [5.74, 6) is -1.81. The molecule has 8 nitrogen and oxygen atoms in total. The Morgan fingerprint density at radius 2 is 2.04 bits per heavy atom. The van der Waals surface area contributed by atoms with Gasteiger partial charge < -0.3 is 14.6 Å². The molecular weight excluding hydrogens is 452 g/mol. The van der Waals surface area contributed by atoms with Crippen molar-refractivity contribution in [3.05, 3.63) is 40.4 Å². The lowest BCUT2D eigenvalue weighted by Crippen LogP contribution is -2.53. The minimum atomic E-state index is -1.13. The van der Waals surface area contributed by atoms with Gasteiger partial charge in [-0.2, -0.15) is 0 Å². The van der Waals surface area contributed by atoms with Gasteiger partial charge in [0.2, 0.25) is 0 Å². The van der Waals surface area contributed by atoms with Crippen molar-refractivity contribution in [2.24, 2.45) is 0 Å². The van der Waals surface area contributed by atoms with E-state index < -0.39 is 24.4 Å². The number of rotatable bonds is 8. The maximum Gasteiger partial charge on any atom is 0.341 e. The summed E-state index contributed by atoms with van der Waals surface area (Å²) in [5.41, 5.74) is 0.355. The van der Waals surface area contributed by atoms with E-state index in [1.54, 1.807) is 13.0 Å². The predicted octanol–water partition coefficient (Wildman–Crippen LogP) is 2.12. The van der Waals surface area contributed by atoms with Crippen molar-refractivity contribution >= 4 is 57.1 Å². The fourth-order valence-electron chi connectivity index (χ4n) is 2.33. The first-order valence-corrected chi connectivity index (χ1v) is 9.29. The second-order valence-corrected chi connectivity index (χ2v) is 6.70. The van der Waals surface area contributed by atoms with Crippen LogP contribution in [0.4, 0.5) is 0 Å². The Labute approximate surface area is 174 Å². The van der Waals surface area contributed by atoms with Gasteiger partial charge in [0.1, 0.15) is 5.57 Å². The van der Waals surface area contributed by atoms with E-state index in [9.17, 15) is 14.4 Å². The van der Waals surface area contributed by atoms with Crippen molar-refractivity contribution in [1.29, 1.82) is 0 Å². The van der Waals surface area contributed by atoms with Crippen LogP contribution in [0.15, 0.2) is 34.8 Å². The first-order chi connectivity index (χ1) is 13.3. The molecule has 1 fully saturated rings. The van der Waals surface area contributed by atoms with Crippen LogP contribution in [-0.4, -0.2) is 52.7 Å². The molecule has 0 spiro atoms. The number of carbonyl (C=O) groups is 3. The van der Waals surface area contributed by atoms with Crippen LogP contribution in [0.1, 0.15) is 12.5 Å². The van der Waals surface area contributed by atoms with Crippen LogP contribution in [0.3, 0.4) is 0 Å². The van der Waals surface area contributed by atoms with Crippen LogP contribution in [0, 0.1) is 0 Å². The van der Waals surface area contributed by atoms with Crippen LogP contribution >= 0.6 is 28.1 Å². The minimum absolute atomic E-state index is 0.0125. The smallest absolute Gasteiger partial charge is 0.341 e. The van der Waals surface area contributed by atoms with E-state index in [-0.39, 0.29) is 28.7 Å². The van der Waals surface area contributed by atoms with Gasteiger partial charge in [0.05, 0.1) is 6.61 Å². The number of benzene rings is 1. The molecule has 1 aromatic rings. The van der Waals surface area contributed by atoms with E-state index in [4.69, 9.17) is 26.8 Å².